The SMILES string of the molecule is CCN(CC)S(=O)(=O)CCNC(=NC)N(C)Cc1cccc(Cl)c1. The summed E-state index contributed by atoms with van der Waals surface area (Å²) < 4.78 is 25.8. The van der Waals surface area contributed by atoms with Gasteiger partial charge in [0.15, 0.2) is 5.96 Å². The van der Waals surface area contributed by atoms with E-state index in [-0.39, 0.29) is 5.75 Å². The average molecular weight is 375 g/mol. The van der Waals surface area contributed by atoms with E-state index in [9.17, 15) is 8.42 Å². The van der Waals surface area contributed by atoms with E-state index in [1.54, 1.807) is 7.05 Å². The molecule has 0 aliphatic carbocycles. The van der Waals surface area contributed by atoms with Gasteiger partial charge in [-0.2, -0.15) is 0 Å². The van der Waals surface area contributed by atoms with Crippen molar-refractivity contribution >= 4 is 27.6 Å². The molecule has 0 bridgehead atoms. The Kier molecular flexibility index (Phi) is 8.52. The molecular weight excluding hydrogens is 348 g/mol. The van der Waals surface area contributed by atoms with Crippen LogP contribution in [0.25, 0.3) is 0 Å². The maximum atomic E-state index is 12.2. The normalized spacial score (nSPS) is 12.5. The van der Waals surface area contributed by atoms with Gasteiger partial charge in [-0.05, 0) is 17.7 Å². The van der Waals surface area contributed by atoms with Gasteiger partial charge in [0, 0.05) is 45.3 Å². The van der Waals surface area contributed by atoms with E-state index in [4.69, 9.17) is 11.6 Å². The third-order valence-corrected chi connectivity index (χ3v) is 5.88. The number of guanidine groups is 1. The van der Waals surface area contributed by atoms with Crippen molar-refractivity contribution in [3.8, 4) is 0 Å². The number of hydrogen-bond acceptors (Lipinski definition) is 3. The van der Waals surface area contributed by atoms with E-state index in [1.165, 1.54) is 4.31 Å². The zero-order valence-corrected chi connectivity index (χ0v) is 16.4. The van der Waals surface area contributed by atoms with E-state index < -0.39 is 10.0 Å². The van der Waals surface area contributed by atoms with Crippen molar-refractivity contribution in [1.82, 2.24) is 14.5 Å². The first-order chi connectivity index (χ1) is 11.3. The third-order valence-electron chi connectivity index (χ3n) is 3.62. The molecule has 0 unspecified atom stereocenters. The Morgan fingerprint density at radius 2 is 1.96 bits per heavy atom. The molecule has 1 aromatic rings. The molecule has 0 saturated heterocycles. The van der Waals surface area contributed by atoms with Gasteiger partial charge in [0.05, 0.1) is 5.75 Å². The molecule has 0 atom stereocenters. The fraction of sp³-hybridized carbons (Fsp3) is 0.562. The second-order valence-corrected chi connectivity index (χ2v) is 7.89. The maximum absolute atomic E-state index is 12.2. The average Bonchev–Trinajstić information content (AvgIpc) is 2.52. The lowest BCUT2D eigenvalue weighted by molar-refractivity contribution is 0.443. The monoisotopic (exact) mass is 374 g/mol. The van der Waals surface area contributed by atoms with Gasteiger partial charge in [-0.15, -0.1) is 0 Å². The zero-order valence-electron chi connectivity index (χ0n) is 14.8. The zero-order chi connectivity index (χ0) is 18.2. The fourth-order valence-corrected chi connectivity index (χ4v) is 4.02. The molecule has 1 aromatic carbocycles. The Balaban J connectivity index is 2.59. The van der Waals surface area contributed by atoms with E-state index in [0.717, 1.165) is 5.56 Å². The van der Waals surface area contributed by atoms with Crippen LogP contribution in [0.15, 0.2) is 29.3 Å². The Hall–Kier alpha value is -1.31. The molecule has 136 valence electrons. The molecule has 0 aliphatic heterocycles. The van der Waals surface area contributed by atoms with Crippen molar-refractivity contribution in [2.24, 2.45) is 4.99 Å². The minimum atomic E-state index is -3.24. The molecule has 6 nitrogen and oxygen atoms in total. The molecular formula is C16H27ClN4O2S. The van der Waals surface area contributed by atoms with E-state index in [0.29, 0.717) is 37.2 Å². The first-order valence-corrected chi connectivity index (χ1v) is 9.96. The highest BCUT2D eigenvalue weighted by Gasteiger charge is 2.18. The minimum absolute atomic E-state index is 0.0404. The van der Waals surface area contributed by atoms with Crippen LogP contribution in [-0.4, -0.2) is 63.1 Å². The van der Waals surface area contributed by atoms with Crippen LogP contribution >= 0.6 is 11.6 Å². The lowest BCUT2D eigenvalue weighted by atomic mass is 10.2. The van der Waals surface area contributed by atoms with Gasteiger partial charge in [-0.3, -0.25) is 4.99 Å². The van der Waals surface area contributed by atoms with Crippen LogP contribution in [0.5, 0.6) is 0 Å². The molecule has 0 aliphatic rings. The number of halogens is 1. The van der Waals surface area contributed by atoms with Gasteiger partial charge < -0.3 is 10.2 Å². The van der Waals surface area contributed by atoms with Gasteiger partial charge in [0.2, 0.25) is 10.0 Å². The Bertz CT molecular complexity index is 645. The van der Waals surface area contributed by atoms with Crippen LogP contribution in [0.3, 0.4) is 0 Å². The van der Waals surface area contributed by atoms with Gasteiger partial charge in [-0.1, -0.05) is 37.6 Å². The molecule has 0 aromatic heterocycles. The quantitative estimate of drug-likeness (QED) is 0.558. The van der Waals surface area contributed by atoms with Crippen LogP contribution in [0.1, 0.15) is 19.4 Å². The molecule has 0 spiro atoms. The van der Waals surface area contributed by atoms with Crippen molar-refractivity contribution in [3.05, 3.63) is 34.9 Å². The Morgan fingerprint density at radius 1 is 1.29 bits per heavy atom. The molecule has 0 radical (unpaired) electrons. The highest BCUT2D eigenvalue weighted by atomic mass is 35.5. The van der Waals surface area contributed by atoms with Crippen molar-refractivity contribution in [2.75, 3.05) is 39.5 Å². The van der Waals surface area contributed by atoms with Gasteiger partial charge >= 0.3 is 0 Å². The lowest BCUT2D eigenvalue weighted by Gasteiger charge is -2.23. The van der Waals surface area contributed by atoms with Crippen molar-refractivity contribution in [2.45, 2.75) is 20.4 Å². The van der Waals surface area contributed by atoms with Gasteiger partial charge in [-0.25, -0.2) is 12.7 Å². The summed E-state index contributed by atoms with van der Waals surface area (Å²) in [6, 6.07) is 7.62. The number of nitrogens with zero attached hydrogens (tertiary/aromatic N) is 3. The summed E-state index contributed by atoms with van der Waals surface area (Å²) >= 11 is 6.00. The predicted molar refractivity (Wildman–Crippen MR) is 101 cm³/mol. The molecule has 8 heteroatoms. The summed E-state index contributed by atoms with van der Waals surface area (Å²) in [4.78, 5) is 6.13. The highest BCUT2D eigenvalue weighted by Crippen LogP contribution is 2.12. The summed E-state index contributed by atoms with van der Waals surface area (Å²) in [5.41, 5.74) is 1.06. The second kappa shape index (κ2) is 9.86. The smallest absolute Gasteiger partial charge is 0.215 e. The fourth-order valence-electron chi connectivity index (χ4n) is 2.41. The van der Waals surface area contributed by atoms with Crippen molar-refractivity contribution in [1.29, 1.82) is 0 Å². The summed E-state index contributed by atoms with van der Waals surface area (Å²) in [7, 11) is 0.338. The maximum Gasteiger partial charge on any atom is 0.215 e. The first kappa shape index (κ1) is 20.7. The number of hydrogen-bond donors (Lipinski definition) is 1. The largest absolute Gasteiger partial charge is 0.355 e. The van der Waals surface area contributed by atoms with E-state index >= 15 is 0 Å². The van der Waals surface area contributed by atoms with Gasteiger partial charge in [0.1, 0.15) is 0 Å². The second-order valence-electron chi connectivity index (χ2n) is 5.36. The number of nitrogens with one attached hydrogen (secondary N) is 1. The standard InChI is InChI=1S/C16H27ClN4O2S/c1-5-21(6-2)24(22,23)11-10-19-16(18-3)20(4)13-14-8-7-9-15(17)12-14/h7-9,12H,5-6,10-11,13H2,1-4H3,(H,18,19). The van der Waals surface area contributed by atoms with Crippen LogP contribution in [0.4, 0.5) is 0 Å². The molecule has 0 amide bonds. The highest BCUT2D eigenvalue weighted by molar-refractivity contribution is 7.89. The summed E-state index contributed by atoms with van der Waals surface area (Å²) in [5.74, 6) is 0.684. The summed E-state index contributed by atoms with van der Waals surface area (Å²) in [6.07, 6.45) is 0. The molecule has 0 saturated carbocycles. The third kappa shape index (κ3) is 6.30. The van der Waals surface area contributed by atoms with Crippen LogP contribution in [0.2, 0.25) is 5.02 Å². The molecule has 24 heavy (non-hydrogen) atoms. The first-order valence-electron chi connectivity index (χ1n) is 7.98. The number of sulfonamides is 1. The number of aliphatic imine (C=N–C) groups is 1. The van der Waals surface area contributed by atoms with Crippen molar-refractivity contribution < 1.29 is 8.42 Å². The Morgan fingerprint density at radius 3 is 2.50 bits per heavy atom. The van der Waals surface area contributed by atoms with Crippen LogP contribution in [0, 0.1) is 0 Å². The Labute approximate surface area is 150 Å². The summed E-state index contributed by atoms with van der Waals surface area (Å²) in [5, 5.41) is 3.79. The van der Waals surface area contributed by atoms with E-state index in [1.807, 2.05) is 50.1 Å². The van der Waals surface area contributed by atoms with Crippen LogP contribution in [-0.2, 0) is 16.6 Å². The topological polar surface area (TPSA) is 65.0 Å². The van der Waals surface area contributed by atoms with Crippen molar-refractivity contribution in [3.63, 3.8) is 0 Å². The number of benzene rings is 1. The van der Waals surface area contributed by atoms with Crippen LogP contribution < -0.4 is 5.32 Å². The summed E-state index contributed by atoms with van der Waals surface area (Å²) in [6.45, 7) is 5.59. The molecule has 1 N–H and O–H groups in total. The minimum Gasteiger partial charge on any atom is -0.355 e. The van der Waals surface area contributed by atoms with E-state index in [2.05, 4.69) is 10.3 Å². The predicted octanol–water partition coefficient (Wildman–Crippen LogP) is 2.02. The van der Waals surface area contributed by atoms with Gasteiger partial charge in [0.25, 0.3) is 0 Å². The molecule has 1 rings (SSSR count). The molecule has 0 heterocycles. The lowest BCUT2D eigenvalue weighted by Crippen LogP contribution is -2.42. The number of rotatable bonds is 8. The molecule has 0 fully saturated rings.